The molecular weight excluding hydrogens is 306 g/mol. The number of para-hydroxylation sites is 1. The van der Waals surface area contributed by atoms with E-state index >= 15 is 0 Å². The number of hydrogen-bond donors (Lipinski definition) is 0. The second-order valence-corrected chi connectivity index (χ2v) is 6.43. The molecule has 0 unspecified atom stereocenters. The molecule has 0 amide bonds. The van der Waals surface area contributed by atoms with Gasteiger partial charge in [-0.05, 0) is 37.5 Å². The van der Waals surface area contributed by atoms with E-state index in [4.69, 9.17) is 0 Å². The zero-order valence-corrected chi connectivity index (χ0v) is 15.7. The molecule has 0 aliphatic carbocycles. The fourth-order valence-corrected chi connectivity index (χ4v) is 2.76. The van der Waals surface area contributed by atoms with E-state index in [1.165, 1.54) is 49.6 Å². The molecule has 1 aromatic carbocycles. The Hall–Kier alpha value is -2.16. The van der Waals surface area contributed by atoms with Crippen LogP contribution in [0.1, 0.15) is 58.1 Å². The molecule has 25 heavy (non-hydrogen) atoms. The van der Waals surface area contributed by atoms with E-state index in [1.807, 2.05) is 30.5 Å². The smallest absolute Gasteiger partial charge is 0.0701 e. The van der Waals surface area contributed by atoms with Crippen LogP contribution in [0.4, 0.5) is 0 Å². The van der Waals surface area contributed by atoms with Crippen LogP contribution in [-0.4, -0.2) is 14.8 Å². The van der Waals surface area contributed by atoms with Crippen LogP contribution in [0.5, 0.6) is 0 Å². The highest BCUT2D eigenvalue weighted by molar-refractivity contribution is 5.77. The fraction of sp³-hybridized carbons (Fsp3) is 0.455. The number of nitrogens with zero attached hydrogens (tertiary/aromatic N) is 3. The monoisotopic (exact) mass is 337 g/mol. The molecule has 3 aromatic rings. The Morgan fingerprint density at radius 2 is 1.60 bits per heavy atom. The van der Waals surface area contributed by atoms with Crippen LogP contribution < -0.4 is 0 Å². The van der Waals surface area contributed by atoms with Crippen LogP contribution in [0, 0.1) is 0 Å². The largest absolute Gasteiger partial charge is 0.272 e. The Labute approximate surface area is 152 Å². The van der Waals surface area contributed by atoms with Gasteiger partial charge in [0.25, 0.3) is 0 Å². The zero-order valence-electron chi connectivity index (χ0n) is 15.7. The average molecular weight is 338 g/mol. The Morgan fingerprint density at radius 3 is 2.40 bits per heavy atom. The predicted octanol–water partition coefficient (Wildman–Crippen LogP) is 6.04. The molecular formula is C22H31N3. The third-order valence-corrected chi connectivity index (χ3v) is 4.24. The highest BCUT2D eigenvalue weighted by Crippen LogP contribution is 2.08. The summed E-state index contributed by atoms with van der Waals surface area (Å²) in [7, 11) is 0. The number of hydrogen-bond acceptors (Lipinski definition) is 2. The number of rotatable bonds is 8. The lowest BCUT2D eigenvalue weighted by Gasteiger charge is -1.99. The van der Waals surface area contributed by atoms with E-state index in [2.05, 4.69) is 53.0 Å². The van der Waals surface area contributed by atoms with Gasteiger partial charge in [0.05, 0.1) is 11.2 Å². The second-order valence-electron chi connectivity index (χ2n) is 6.43. The van der Waals surface area contributed by atoms with Gasteiger partial charge in [0, 0.05) is 24.3 Å². The molecule has 0 saturated heterocycles. The van der Waals surface area contributed by atoms with Crippen molar-refractivity contribution in [1.29, 1.82) is 0 Å². The van der Waals surface area contributed by atoms with Gasteiger partial charge < -0.3 is 0 Å². The van der Waals surface area contributed by atoms with Crippen molar-refractivity contribution in [2.75, 3.05) is 0 Å². The van der Waals surface area contributed by atoms with Crippen LogP contribution in [-0.2, 0) is 13.0 Å². The molecule has 0 aliphatic rings. The first-order valence-electron chi connectivity index (χ1n) is 9.65. The number of aromatic nitrogens is 3. The van der Waals surface area contributed by atoms with Gasteiger partial charge in [-0.3, -0.25) is 9.67 Å². The topological polar surface area (TPSA) is 30.7 Å². The van der Waals surface area contributed by atoms with Crippen LogP contribution >= 0.6 is 0 Å². The fourth-order valence-electron chi connectivity index (χ4n) is 2.76. The van der Waals surface area contributed by atoms with Crippen LogP contribution in [0.3, 0.4) is 0 Å². The van der Waals surface area contributed by atoms with Gasteiger partial charge in [-0.2, -0.15) is 5.10 Å². The van der Waals surface area contributed by atoms with Crippen molar-refractivity contribution in [1.82, 2.24) is 14.8 Å². The third kappa shape index (κ3) is 7.08. The molecule has 0 spiro atoms. The highest BCUT2D eigenvalue weighted by Gasteiger charge is 1.98. The number of pyridine rings is 1. The molecule has 2 heterocycles. The summed E-state index contributed by atoms with van der Waals surface area (Å²) in [6.45, 7) is 5.56. The minimum Gasteiger partial charge on any atom is -0.272 e. The summed E-state index contributed by atoms with van der Waals surface area (Å²) in [6, 6.07) is 14.3. The van der Waals surface area contributed by atoms with Gasteiger partial charge in [-0.25, -0.2) is 0 Å². The zero-order chi connectivity index (χ0) is 17.7. The molecule has 0 N–H and O–H groups in total. The van der Waals surface area contributed by atoms with Crippen LogP contribution in [0.2, 0.25) is 0 Å². The van der Waals surface area contributed by atoms with E-state index in [0.717, 1.165) is 18.5 Å². The first kappa shape index (κ1) is 19.2. The molecule has 3 rings (SSSR count). The molecule has 0 aliphatic heterocycles. The molecule has 3 nitrogen and oxygen atoms in total. The van der Waals surface area contributed by atoms with Gasteiger partial charge in [0.15, 0.2) is 0 Å². The number of aryl methyl sites for hydroxylation is 2. The van der Waals surface area contributed by atoms with E-state index in [1.54, 1.807) is 0 Å². The van der Waals surface area contributed by atoms with Gasteiger partial charge in [-0.1, -0.05) is 63.8 Å². The summed E-state index contributed by atoms with van der Waals surface area (Å²) in [4.78, 5) is 4.18. The quantitative estimate of drug-likeness (QED) is 0.469. The first-order valence-corrected chi connectivity index (χ1v) is 9.65. The second kappa shape index (κ2) is 11.4. The lowest BCUT2D eigenvalue weighted by Crippen LogP contribution is -1.99. The molecule has 0 bridgehead atoms. The van der Waals surface area contributed by atoms with Crippen molar-refractivity contribution in [3.63, 3.8) is 0 Å². The lowest BCUT2D eigenvalue weighted by molar-refractivity contribution is 0.546. The maximum Gasteiger partial charge on any atom is 0.0701 e. The summed E-state index contributed by atoms with van der Waals surface area (Å²) in [5, 5.41) is 5.77. The molecule has 134 valence electrons. The van der Waals surface area contributed by atoms with Gasteiger partial charge in [0.2, 0.25) is 0 Å². The molecule has 0 fully saturated rings. The van der Waals surface area contributed by atoms with Gasteiger partial charge in [-0.15, -0.1) is 0 Å². The first-order chi connectivity index (χ1) is 12.3. The van der Waals surface area contributed by atoms with Gasteiger partial charge in [0.1, 0.15) is 0 Å². The number of fused-ring (bicyclic) bond motifs is 1. The van der Waals surface area contributed by atoms with Crippen molar-refractivity contribution in [2.24, 2.45) is 0 Å². The minimum atomic E-state index is 1.06. The summed E-state index contributed by atoms with van der Waals surface area (Å²) in [5.41, 5.74) is 2.32. The Bertz CT molecular complexity index is 628. The Kier molecular flexibility index (Phi) is 8.74. The SMILES string of the molecule is CCCCCc1ccn(CCCCC)n1.c1ccc2ncccc2c1. The summed E-state index contributed by atoms with van der Waals surface area (Å²) in [6.07, 6.45) is 12.8. The summed E-state index contributed by atoms with van der Waals surface area (Å²) < 4.78 is 2.09. The van der Waals surface area contributed by atoms with Crippen LogP contribution in [0.15, 0.2) is 54.9 Å². The highest BCUT2D eigenvalue weighted by atomic mass is 15.3. The van der Waals surface area contributed by atoms with E-state index in [9.17, 15) is 0 Å². The standard InChI is InChI=1S/C13H24N2.C9H7N/c1-3-5-7-9-13-10-12-15(14-13)11-8-6-4-2;1-2-6-9-8(4-1)5-3-7-10-9/h10,12H,3-9,11H2,1-2H3;1-7H. The van der Waals surface area contributed by atoms with Crippen LogP contribution in [0.25, 0.3) is 10.9 Å². The summed E-state index contributed by atoms with van der Waals surface area (Å²) >= 11 is 0. The summed E-state index contributed by atoms with van der Waals surface area (Å²) in [5.74, 6) is 0. The maximum atomic E-state index is 4.57. The molecule has 3 heteroatoms. The van der Waals surface area contributed by atoms with E-state index in [0.29, 0.717) is 0 Å². The minimum absolute atomic E-state index is 1.06. The predicted molar refractivity (Wildman–Crippen MR) is 107 cm³/mol. The van der Waals surface area contributed by atoms with Crippen molar-refractivity contribution in [3.8, 4) is 0 Å². The number of benzene rings is 1. The molecule has 2 aromatic heterocycles. The lowest BCUT2D eigenvalue weighted by atomic mass is 10.2. The van der Waals surface area contributed by atoms with Crippen molar-refractivity contribution in [3.05, 3.63) is 60.6 Å². The van der Waals surface area contributed by atoms with Crippen molar-refractivity contribution >= 4 is 10.9 Å². The van der Waals surface area contributed by atoms with E-state index in [-0.39, 0.29) is 0 Å². The Balaban J connectivity index is 0.000000194. The normalized spacial score (nSPS) is 10.5. The average Bonchev–Trinajstić information content (AvgIpc) is 3.11. The van der Waals surface area contributed by atoms with Crippen molar-refractivity contribution in [2.45, 2.75) is 65.3 Å². The molecule has 0 radical (unpaired) electrons. The molecule has 0 atom stereocenters. The Morgan fingerprint density at radius 1 is 0.840 bits per heavy atom. The third-order valence-electron chi connectivity index (χ3n) is 4.24. The van der Waals surface area contributed by atoms with E-state index < -0.39 is 0 Å². The van der Waals surface area contributed by atoms with Crippen molar-refractivity contribution < 1.29 is 0 Å². The molecule has 0 saturated carbocycles. The van der Waals surface area contributed by atoms with Gasteiger partial charge >= 0.3 is 0 Å². The number of unbranched alkanes of at least 4 members (excludes halogenated alkanes) is 4. The maximum absolute atomic E-state index is 4.57.